The summed E-state index contributed by atoms with van der Waals surface area (Å²) in [6.07, 6.45) is 6.00. The van der Waals surface area contributed by atoms with Crippen molar-refractivity contribution in [1.29, 1.82) is 0 Å². The molecule has 1 aliphatic heterocycles. The minimum Gasteiger partial charge on any atom is -0.507 e. The van der Waals surface area contributed by atoms with Crippen LogP contribution >= 0.6 is 7.60 Å². The molecule has 1 aromatic carbocycles. The van der Waals surface area contributed by atoms with E-state index in [1.807, 2.05) is 33.8 Å². The molecule has 1 aliphatic rings. The van der Waals surface area contributed by atoms with Gasteiger partial charge < -0.3 is 28.7 Å². The number of hydrogen-bond acceptors (Lipinski definition) is 8. The summed E-state index contributed by atoms with van der Waals surface area (Å²) in [5.74, 6) is -1.89. The summed E-state index contributed by atoms with van der Waals surface area (Å²) in [5, 5.41) is 20.4. The Balaban J connectivity index is 0.00000334. The van der Waals surface area contributed by atoms with Crippen LogP contribution in [0.3, 0.4) is 0 Å². The number of esters is 1. The van der Waals surface area contributed by atoms with Crippen LogP contribution in [0.4, 0.5) is 0 Å². The summed E-state index contributed by atoms with van der Waals surface area (Å²) in [6.45, 7) is 11.7. The van der Waals surface area contributed by atoms with Crippen molar-refractivity contribution in [2.24, 2.45) is 5.92 Å². The van der Waals surface area contributed by atoms with Gasteiger partial charge in [-0.3, -0.25) is 9.36 Å². The molecule has 208 valence electrons. The molecule has 0 saturated carbocycles. The maximum atomic E-state index is 12.5. The molecule has 37 heavy (non-hydrogen) atoms. The summed E-state index contributed by atoms with van der Waals surface area (Å²) in [7, 11) is -1.72. The van der Waals surface area contributed by atoms with E-state index in [1.54, 1.807) is 26.0 Å². The molecule has 0 spiro atoms. The van der Waals surface area contributed by atoms with Crippen molar-refractivity contribution in [1.82, 2.24) is 0 Å². The number of phenols is 1. The van der Waals surface area contributed by atoms with Crippen LogP contribution in [0.1, 0.15) is 74.5 Å². The van der Waals surface area contributed by atoms with E-state index in [0.717, 1.165) is 11.1 Å². The lowest BCUT2D eigenvalue weighted by Gasteiger charge is -2.16. The normalized spacial score (nSPS) is 14.1. The second-order valence-corrected chi connectivity index (χ2v) is 10.3. The van der Waals surface area contributed by atoms with Crippen molar-refractivity contribution in [2.75, 3.05) is 26.5 Å². The van der Waals surface area contributed by atoms with Gasteiger partial charge in [0, 0.05) is 11.1 Å². The Morgan fingerprint density at radius 1 is 1.19 bits per heavy atom. The van der Waals surface area contributed by atoms with Crippen molar-refractivity contribution in [2.45, 2.75) is 67.4 Å². The number of methoxy groups -OCH3 is 1. The Labute approximate surface area is 220 Å². The molecule has 1 unspecified atom stereocenters. The highest BCUT2D eigenvalue weighted by Gasteiger charge is 2.32. The maximum Gasteiger partial charge on any atom is 0.342 e. The molecule has 9 nitrogen and oxygen atoms in total. The first-order valence-electron chi connectivity index (χ1n) is 12.6. The van der Waals surface area contributed by atoms with E-state index < -0.39 is 25.5 Å². The lowest BCUT2D eigenvalue weighted by atomic mass is 9.93. The van der Waals surface area contributed by atoms with Crippen molar-refractivity contribution in [3.8, 4) is 11.5 Å². The van der Waals surface area contributed by atoms with Gasteiger partial charge in [-0.1, -0.05) is 37.6 Å². The molecular weight excluding hydrogens is 499 g/mol. The number of cyclic esters (lactones) is 1. The lowest BCUT2D eigenvalue weighted by Crippen LogP contribution is -2.13. The Morgan fingerprint density at radius 2 is 1.81 bits per heavy atom. The molecule has 0 fully saturated rings. The number of aliphatic carboxylic acids is 1. The quantitative estimate of drug-likeness (QED) is 0.161. The van der Waals surface area contributed by atoms with E-state index in [4.69, 9.17) is 18.5 Å². The van der Waals surface area contributed by atoms with Crippen LogP contribution in [0.5, 0.6) is 11.5 Å². The third kappa shape index (κ3) is 8.73. The van der Waals surface area contributed by atoms with Gasteiger partial charge in [-0.15, -0.1) is 0 Å². The topological polar surface area (TPSA) is 129 Å². The van der Waals surface area contributed by atoms with Crippen LogP contribution in [0.2, 0.25) is 0 Å². The number of carboxylic acid groups (broad SMARTS) is 1. The number of hydrogen-bond donors (Lipinski definition) is 2. The molecule has 0 radical (unpaired) electrons. The highest BCUT2D eigenvalue weighted by Crippen LogP contribution is 2.48. The van der Waals surface area contributed by atoms with Crippen LogP contribution in [0, 0.1) is 12.8 Å². The zero-order chi connectivity index (χ0) is 28.2. The number of ether oxygens (including phenoxy) is 2. The number of allylic oxidation sites excluding steroid dienone is 4. The first kappa shape index (κ1) is 32.4. The number of benzene rings is 1. The summed E-state index contributed by atoms with van der Waals surface area (Å²) in [5.41, 5.74) is 2.77. The van der Waals surface area contributed by atoms with E-state index >= 15 is 0 Å². The van der Waals surface area contributed by atoms with Crippen LogP contribution in [-0.4, -0.2) is 48.6 Å². The van der Waals surface area contributed by atoms with Crippen LogP contribution in [0.25, 0.3) is 0 Å². The largest absolute Gasteiger partial charge is 0.507 e. The number of carbonyl (C=O) groups excluding carboxylic acids is 1. The van der Waals surface area contributed by atoms with E-state index in [0.29, 0.717) is 16.9 Å². The molecular formula is C27H41O9P. The fourth-order valence-corrected chi connectivity index (χ4v) is 5.53. The predicted molar refractivity (Wildman–Crippen MR) is 143 cm³/mol. The zero-order valence-electron chi connectivity index (χ0n) is 23.0. The first-order valence-corrected chi connectivity index (χ1v) is 14.3. The summed E-state index contributed by atoms with van der Waals surface area (Å²) < 4.78 is 33.5. The molecule has 1 aromatic rings. The minimum absolute atomic E-state index is 0.0784. The van der Waals surface area contributed by atoms with E-state index in [9.17, 15) is 24.4 Å². The Morgan fingerprint density at radius 3 is 2.35 bits per heavy atom. The molecule has 0 amide bonds. The van der Waals surface area contributed by atoms with Gasteiger partial charge in [0.1, 0.15) is 23.7 Å². The van der Waals surface area contributed by atoms with Gasteiger partial charge >= 0.3 is 19.5 Å². The van der Waals surface area contributed by atoms with Crippen molar-refractivity contribution >= 4 is 19.5 Å². The van der Waals surface area contributed by atoms with E-state index in [1.165, 1.54) is 7.11 Å². The smallest absolute Gasteiger partial charge is 0.342 e. The Kier molecular flexibility index (Phi) is 13.7. The molecule has 0 saturated heterocycles. The molecule has 1 atom stereocenters. The van der Waals surface area contributed by atoms with Gasteiger partial charge in [0.05, 0.1) is 32.4 Å². The monoisotopic (exact) mass is 540 g/mol. The Hall–Kier alpha value is -2.61. The molecule has 1 heterocycles. The van der Waals surface area contributed by atoms with Crippen molar-refractivity contribution < 1.29 is 42.9 Å². The Bertz CT molecular complexity index is 1030. The molecule has 0 aliphatic carbocycles. The second-order valence-electron chi connectivity index (χ2n) is 8.25. The highest BCUT2D eigenvalue weighted by molar-refractivity contribution is 7.54. The van der Waals surface area contributed by atoms with Crippen molar-refractivity contribution in [3.05, 3.63) is 46.1 Å². The van der Waals surface area contributed by atoms with Gasteiger partial charge in [0.15, 0.2) is 0 Å². The van der Waals surface area contributed by atoms with Gasteiger partial charge in [0.25, 0.3) is 0 Å². The number of carbonyl (C=O) groups is 2. The summed E-state index contributed by atoms with van der Waals surface area (Å²) in [6, 6.07) is 0. The van der Waals surface area contributed by atoms with Gasteiger partial charge in [0.2, 0.25) is 0 Å². The van der Waals surface area contributed by atoms with Crippen LogP contribution in [0.15, 0.2) is 23.8 Å². The van der Waals surface area contributed by atoms with Crippen LogP contribution in [-0.2, 0) is 36.2 Å². The number of rotatable bonds is 14. The predicted octanol–water partition coefficient (Wildman–Crippen LogP) is 6.20. The fraction of sp³-hybridized carbons (Fsp3) is 0.556. The number of carboxylic acids is 1. The highest BCUT2D eigenvalue weighted by atomic mass is 31.2. The van der Waals surface area contributed by atoms with Gasteiger partial charge in [-0.25, -0.2) is 4.79 Å². The summed E-state index contributed by atoms with van der Waals surface area (Å²) in [4.78, 5) is 23.9. The average Bonchev–Trinajstić information content (AvgIpc) is 3.25. The number of phenolic OH excluding ortho intramolecular Hbond substituents is 1. The average molecular weight is 541 g/mol. The van der Waals surface area contributed by atoms with Crippen molar-refractivity contribution in [3.63, 3.8) is 0 Å². The first-order chi connectivity index (χ1) is 17.6. The number of aromatic hydroxyl groups is 1. The zero-order valence-corrected chi connectivity index (χ0v) is 23.9. The lowest BCUT2D eigenvalue weighted by molar-refractivity contribution is -0.141. The molecule has 0 aromatic heterocycles. The summed E-state index contributed by atoms with van der Waals surface area (Å²) >= 11 is 0. The molecule has 10 heteroatoms. The number of fused-ring (bicyclic) bond motifs is 1. The molecule has 2 N–H and O–H groups in total. The maximum absolute atomic E-state index is 12.5. The minimum atomic E-state index is -3.22. The fourth-order valence-electron chi connectivity index (χ4n) is 4.05. The SMILES string of the molecule is CC.CCOP(=O)(C/C=C/CC(C/C(C)=C/Cc1c(O)c2c(c(C)c1OC)COC2=O)C(=O)O)OCC. The van der Waals surface area contributed by atoms with E-state index in [2.05, 4.69) is 0 Å². The van der Waals surface area contributed by atoms with E-state index in [-0.39, 0.29) is 56.6 Å². The third-order valence-electron chi connectivity index (χ3n) is 5.79. The van der Waals surface area contributed by atoms with Gasteiger partial charge in [-0.2, -0.15) is 0 Å². The molecule has 2 rings (SSSR count). The van der Waals surface area contributed by atoms with Gasteiger partial charge in [-0.05, 0) is 52.5 Å². The third-order valence-corrected chi connectivity index (χ3v) is 7.75. The standard InChI is InChI=1S/C25H35O9P.C2H6/c1-6-33-35(30,34-7-2)13-9-8-10-18(24(27)28)14-16(3)11-12-19-22(26)21-20(15-32-25(21)29)17(4)23(19)31-5;1-2/h8-9,11,18,26H,6-7,10,12-15H2,1-5H3,(H,27,28);1-2H3/b9-8+,16-11+;. The second kappa shape index (κ2) is 15.6. The van der Waals surface area contributed by atoms with Crippen LogP contribution < -0.4 is 4.74 Å². The molecule has 0 bridgehead atoms.